The molecule has 1 saturated carbocycles. The molecule has 2 amide bonds. The van der Waals surface area contributed by atoms with E-state index in [2.05, 4.69) is 15.1 Å². The van der Waals surface area contributed by atoms with Crippen LogP contribution in [-0.4, -0.2) is 84.9 Å². The molecule has 1 spiro atoms. The maximum Gasteiger partial charge on any atom is 0.239 e. The number of nitrogens with one attached hydrogen (secondary N) is 1. The Hall–Kier alpha value is -1.14. The van der Waals surface area contributed by atoms with Crippen LogP contribution in [0.2, 0.25) is 0 Å². The second-order valence-corrected chi connectivity index (χ2v) is 8.44. The van der Waals surface area contributed by atoms with Crippen LogP contribution in [0.4, 0.5) is 0 Å². The number of likely N-dealkylation sites (tertiary alicyclic amines) is 1. The van der Waals surface area contributed by atoms with E-state index in [1.165, 1.54) is 0 Å². The average molecular weight is 348 g/mol. The van der Waals surface area contributed by atoms with E-state index < -0.39 is 0 Å². The van der Waals surface area contributed by atoms with E-state index in [0.29, 0.717) is 11.3 Å². The third-order valence-corrected chi connectivity index (χ3v) is 7.04. The summed E-state index contributed by atoms with van der Waals surface area (Å²) in [6.07, 6.45) is 5.69. The van der Waals surface area contributed by atoms with Crippen molar-refractivity contribution in [2.24, 2.45) is 11.3 Å². The highest BCUT2D eigenvalue weighted by atomic mass is 16.2. The van der Waals surface area contributed by atoms with Gasteiger partial charge in [0, 0.05) is 45.2 Å². The molecular formula is C19H32N4O2. The molecule has 3 aliphatic heterocycles. The smallest absolute Gasteiger partial charge is 0.239 e. The van der Waals surface area contributed by atoms with Gasteiger partial charge in [0.1, 0.15) is 0 Å². The van der Waals surface area contributed by atoms with Crippen LogP contribution in [0.1, 0.15) is 39.0 Å². The van der Waals surface area contributed by atoms with Gasteiger partial charge in [0.2, 0.25) is 11.8 Å². The predicted octanol–water partition coefficient (Wildman–Crippen LogP) is 0.531. The quantitative estimate of drug-likeness (QED) is 0.808. The first-order valence-electron chi connectivity index (χ1n) is 10.1. The first kappa shape index (κ1) is 17.3. The Balaban J connectivity index is 1.27. The molecule has 0 bridgehead atoms. The minimum Gasteiger partial charge on any atom is -0.341 e. The average Bonchev–Trinajstić information content (AvgIpc) is 3.09. The van der Waals surface area contributed by atoms with Crippen LogP contribution in [0.25, 0.3) is 0 Å². The van der Waals surface area contributed by atoms with E-state index in [4.69, 9.17) is 0 Å². The van der Waals surface area contributed by atoms with Crippen molar-refractivity contribution in [3.05, 3.63) is 0 Å². The third kappa shape index (κ3) is 3.31. The Morgan fingerprint density at radius 1 is 0.960 bits per heavy atom. The lowest BCUT2D eigenvalue weighted by atomic mass is 9.91. The zero-order chi connectivity index (χ0) is 17.4. The topological polar surface area (TPSA) is 55.9 Å². The lowest BCUT2D eigenvalue weighted by molar-refractivity contribution is -0.139. The van der Waals surface area contributed by atoms with Crippen molar-refractivity contribution < 1.29 is 9.59 Å². The van der Waals surface area contributed by atoms with E-state index in [0.717, 1.165) is 84.5 Å². The van der Waals surface area contributed by atoms with Gasteiger partial charge in [-0.25, -0.2) is 0 Å². The van der Waals surface area contributed by atoms with E-state index in [-0.39, 0.29) is 17.9 Å². The number of carbonyl (C=O) groups excluding carboxylic acids is 2. The molecule has 6 nitrogen and oxygen atoms in total. The molecule has 0 aromatic rings. The molecule has 1 N–H and O–H groups in total. The summed E-state index contributed by atoms with van der Waals surface area (Å²) in [6.45, 7) is 9.20. The number of piperazine rings is 1. The Bertz CT molecular complexity index is 518. The van der Waals surface area contributed by atoms with Gasteiger partial charge in [-0.15, -0.1) is 0 Å². The second kappa shape index (κ2) is 6.88. The summed E-state index contributed by atoms with van der Waals surface area (Å²) in [5.41, 5.74) is 0.318. The largest absolute Gasteiger partial charge is 0.341 e. The van der Waals surface area contributed by atoms with Crippen LogP contribution >= 0.6 is 0 Å². The van der Waals surface area contributed by atoms with Gasteiger partial charge < -0.3 is 15.1 Å². The fraction of sp³-hybridized carbons (Fsp3) is 0.895. The first-order valence-corrected chi connectivity index (χ1v) is 10.1. The van der Waals surface area contributed by atoms with E-state index in [1.54, 1.807) is 0 Å². The molecule has 6 heteroatoms. The number of rotatable bonds is 3. The molecule has 0 aromatic heterocycles. The highest BCUT2D eigenvalue weighted by Crippen LogP contribution is 2.59. The van der Waals surface area contributed by atoms with Crippen molar-refractivity contribution in [3.63, 3.8) is 0 Å². The number of carbonyl (C=O) groups is 2. The summed E-state index contributed by atoms with van der Waals surface area (Å²) in [4.78, 5) is 31.8. The van der Waals surface area contributed by atoms with E-state index in [1.807, 2.05) is 11.8 Å². The normalized spacial score (nSPS) is 30.5. The number of amides is 2. The van der Waals surface area contributed by atoms with Crippen LogP contribution in [0.15, 0.2) is 0 Å². The SMILES string of the molecule is CC(C(=O)N1CCCC1)N1CCN(C(=O)C2CC23CCNCC3)CC1. The maximum atomic E-state index is 12.9. The number of hydrogen-bond acceptors (Lipinski definition) is 4. The molecule has 2 atom stereocenters. The summed E-state index contributed by atoms with van der Waals surface area (Å²) in [5.74, 6) is 0.915. The summed E-state index contributed by atoms with van der Waals surface area (Å²) < 4.78 is 0. The maximum absolute atomic E-state index is 12.9. The molecule has 4 rings (SSSR count). The number of piperidine rings is 1. The lowest BCUT2D eigenvalue weighted by Gasteiger charge is -2.39. The Labute approximate surface area is 150 Å². The van der Waals surface area contributed by atoms with E-state index in [9.17, 15) is 9.59 Å². The lowest BCUT2D eigenvalue weighted by Crippen LogP contribution is -2.55. The number of hydrogen-bond donors (Lipinski definition) is 1. The summed E-state index contributed by atoms with van der Waals surface area (Å²) in [6, 6.07) is -0.0490. The van der Waals surface area contributed by atoms with Gasteiger partial charge in [-0.1, -0.05) is 0 Å². The highest BCUT2D eigenvalue weighted by Gasteiger charge is 2.58. The van der Waals surface area contributed by atoms with Gasteiger partial charge in [0.15, 0.2) is 0 Å². The monoisotopic (exact) mass is 348 g/mol. The Morgan fingerprint density at radius 2 is 1.60 bits per heavy atom. The van der Waals surface area contributed by atoms with Crippen LogP contribution in [0, 0.1) is 11.3 Å². The first-order chi connectivity index (χ1) is 12.1. The molecule has 4 fully saturated rings. The zero-order valence-electron chi connectivity index (χ0n) is 15.5. The fourth-order valence-corrected chi connectivity index (χ4v) is 5.08. The molecule has 1 aliphatic carbocycles. The van der Waals surface area contributed by atoms with Gasteiger partial charge in [0.05, 0.1) is 6.04 Å². The Morgan fingerprint density at radius 3 is 2.24 bits per heavy atom. The van der Waals surface area contributed by atoms with Gasteiger partial charge >= 0.3 is 0 Å². The molecule has 140 valence electrons. The van der Waals surface area contributed by atoms with Gasteiger partial charge in [-0.05, 0) is 57.5 Å². The molecule has 0 radical (unpaired) electrons. The second-order valence-electron chi connectivity index (χ2n) is 8.44. The fourth-order valence-electron chi connectivity index (χ4n) is 5.08. The van der Waals surface area contributed by atoms with Crippen molar-refractivity contribution in [2.45, 2.75) is 45.1 Å². The molecule has 25 heavy (non-hydrogen) atoms. The molecule has 2 unspecified atom stereocenters. The standard InChI is InChI=1S/C19H32N4O2/c1-15(17(24)22-8-2-3-9-22)21-10-12-23(13-11-21)18(25)16-14-19(16)4-6-20-7-5-19/h15-16,20H,2-14H2,1H3. The van der Waals surface area contributed by atoms with Gasteiger partial charge in [-0.3, -0.25) is 14.5 Å². The van der Waals surface area contributed by atoms with Crippen LogP contribution < -0.4 is 5.32 Å². The van der Waals surface area contributed by atoms with Crippen molar-refractivity contribution >= 4 is 11.8 Å². The molecular weight excluding hydrogens is 316 g/mol. The molecule has 3 saturated heterocycles. The highest BCUT2D eigenvalue weighted by molar-refractivity contribution is 5.83. The third-order valence-electron chi connectivity index (χ3n) is 7.04. The summed E-state index contributed by atoms with van der Waals surface area (Å²) >= 11 is 0. The predicted molar refractivity (Wildman–Crippen MR) is 96.1 cm³/mol. The molecule has 4 aliphatic rings. The van der Waals surface area contributed by atoms with Gasteiger partial charge in [0.25, 0.3) is 0 Å². The number of nitrogens with zero attached hydrogens (tertiary/aromatic N) is 3. The molecule has 3 heterocycles. The summed E-state index contributed by atoms with van der Waals surface area (Å²) in [7, 11) is 0. The molecule has 0 aromatic carbocycles. The van der Waals surface area contributed by atoms with Crippen LogP contribution in [0.5, 0.6) is 0 Å². The Kier molecular flexibility index (Phi) is 4.75. The van der Waals surface area contributed by atoms with Crippen molar-refractivity contribution in [3.8, 4) is 0 Å². The van der Waals surface area contributed by atoms with Crippen molar-refractivity contribution in [1.29, 1.82) is 0 Å². The van der Waals surface area contributed by atoms with E-state index >= 15 is 0 Å². The van der Waals surface area contributed by atoms with Gasteiger partial charge in [-0.2, -0.15) is 0 Å². The summed E-state index contributed by atoms with van der Waals surface area (Å²) in [5, 5.41) is 3.40. The zero-order valence-corrected chi connectivity index (χ0v) is 15.5. The van der Waals surface area contributed by atoms with Crippen molar-refractivity contribution in [2.75, 3.05) is 52.4 Å². The minimum atomic E-state index is -0.0490. The van der Waals surface area contributed by atoms with Crippen LogP contribution in [0.3, 0.4) is 0 Å². The van der Waals surface area contributed by atoms with Crippen LogP contribution in [-0.2, 0) is 9.59 Å². The van der Waals surface area contributed by atoms with Crippen molar-refractivity contribution in [1.82, 2.24) is 20.0 Å². The minimum absolute atomic E-state index is 0.0490.